The van der Waals surface area contributed by atoms with Crippen LogP contribution in [0.4, 0.5) is 0 Å². The first-order valence-electron chi connectivity index (χ1n) is 4.64. The molecule has 0 fully saturated rings. The van der Waals surface area contributed by atoms with Gasteiger partial charge in [0, 0.05) is 11.6 Å². The van der Waals surface area contributed by atoms with Crippen molar-refractivity contribution in [2.45, 2.75) is 0 Å². The van der Waals surface area contributed by atoms with E-state index in [1.807, 2.05) is 0 Å². The van der Waals surface area contributed by atoms with Crippen LogP contribution in [0.3, 0.4) is 0 Å². The van der Waals surface area contributed by atoms with E-state index in [9.17, 15) is 9.59 Å². The second kappa shape index (κ2) is 5.50. The molecule has 1 aromatic rings. The minimum Gasteiger partial charge on any atom is -0.515 e. The molecule has 0 aliphatic carbocycles. The molecular formula is C12H10O5. The minimum atomic E-state index is -1.40. The maximum atomic E-state index is 10.9. The van der Waals surface area contributed by atoms with Crippen molar-refractivity contribution in [3.05, 3.63) is 53.8 Å². The summed E-state index contributed by atoms with van der Waals surface area (Å²) in [6.07, 6.45) is 1.12. The average Bonchev–Trinajstić information content (AvgIpc) is 2.29. The highest BCUT2D eigenvalue weighted by atomic mass is 16.4. The van der Waals surface area contributed by atoms with E-state index in [1.54, 1.807) is 30.3 Å². The number of rotatable bonds is 4. The molecule has 0 aliphatic rings. The molecule has 0 bridgehead atoms. The van der Waals surface area contributed by atoms with Crippen LogP contribution in [0.25, 0.3) is 5.57 Å². The molecule has 0 aromatic heterocycles. The van der Waals surface area contributed by atoms with E-state index in [0.29, 0.717) is 11.8 Å². The van der Waals surface area contributed by atoms with E-state index in [1.165, 1.54) is 0 Å². The Bertz CT molecular complexity index is 485. The molecule has 88 valence electrons. The first-order valence-corrected chi connectivity index (χ1v) is 4.64. The summed E-state index contributed by atoms with van der Waals surface area (Å²) >= 11 is 0. The summed E-state index contributed by atoms with van der Waals surface area (Å²) in [7, 11) is 0. The van der Waals surface area contributed by atoms with Crippen LogP contribution in [0, 0.1) is 0 Å². The van der Waals surface area contributed by atoms with Gasteiger partial charge in [-0.1, -0.05) is 30.3 Å². The van der Waals surface area contributed by atoms with Crippen LogP contribution < -0.4 is 0 Å². The Morgan fingerprint density at radius 2 is 1.65 bits per heavy atom. The maximum Gasteiger partial charge on any atom is 0.339 e. The molecule has 0 amide bonds. The lowest BCUT2D eigenvalue weighted by Gasteiger charge is -2.06. The van der Waals surface area contributed by atoms with Crippen molar-refractivity contribution >= 4 is 17.5 Å². The Labute approximate surface area is 96.9 Å². The zero-order valence-corrected chi connectivity index (χ0v) is 8.70. The highest BCUT2D eigenvalue weighted by molar-refractivity contribution is 6.09. The van der Waals surface area contributed by atoms with Gasteiger partial charge in [0.25, 0.3) is 0 Å². The van der Waals surface area contributed by atoms with Crippen LogP contribution >= 0.6 is 0 Å². The van der Waals surface area contributed by atoms with E-state index < -0.39 is 17.5 Å². The summed E-state index contributed by atoms with van der Waals surface area (Å²) in [5, 5.41) is 26.4. The quantitative estimate of drug-likeness (QED) is 0.418. The van der Waals surface area contributed by atoms with Crippen LogP contribution in [-0.2, 0) is 9.59 Å². The van der Waals surface area contributed by atoms with Crippen molar-refractivity contribution in [1.29, 1.82) is 0 Å². The highest BCUT2D eigenvalue weighted by Crippen LogP contribution is 2.22. The van der Waals surface area contributed by atoms with E-state index in [4.69, 9.17) is 15.3 Å². The molecule has 0 radical (unpaired) electrons. The van der Waals surface area contributed by atoms with Gasteiger partial charge in [0.1, 0.15) is 5.57 Å². The molecule has 0 spiro atoms. The number of hydrogen-bond donors (Lipinski definition) is 3. The molecule has 1 rings (SSSR count). The largest absolute Gasteiger partial charge is 0.515 e. The number of aliphatic hydroxyl groups excluding tert-OH is 1. The number of aliphatic hydroxyl groups is 1. The summed E-state index contributed by atoms with van der Waals surface area (Å²) in [6, 6.07) is 8.11. The molecule has 0 saturated heterocycles. The summed E-state index contributed by atoms with van der Waals surface area (Å²) in [5.74, 6) is -2.69. The fourth-order valence-electron chi connectivity index (χ4n) is 1.30. The summed E-state index contributed by atoms with van der Waals surface area (Å²) < 4.78 is 0. The zero-order chi connectivity index (χ0) is 12.8. The molecule has 5 heteroatoms. The van der Waals surface area contributed by atoms with Crippen LogP contribution in [0.1, 0.15) is 5.56 Å². The van der Waals surface area contributed by atoms with Gasteiger partial charge in [0.15, 0.2) is 0 Å². The molecule has 17 heavy (non-hydrogen) atoms. The van der Waals surface area contributed by atoms with Crippen molar-refractivity contribution < 1.29 is 24.9 Å². The predicted molar refractivity (Wildman–Crippen MR) is 60.4 cm³/mol. The second-order valence-electron chi connectivity index (χ2n) is 3.11. The third-order valence-corrected chi connectivity index (χ3v) is 2.00. The van der Waals surface area contributed by atoms with Crippen LogP contribution in [0.5, 0.6) is 0 Å². The number of benzene rings is 1. The normalized spacial score (nSPS) is 12.2. The summed E-state index contributed by atoms with van der Waals surface area (Å²) in [5.41, 5.74) is -0.135. The topological polar surface area (TPSA) is 94.8 Å². The van der Waals surface area contributed by atoms with Gasteiger partial charge in [-0.3, -0.25) is 0 Å². The van der Waals surface area contributed by atoms with Gasteiger partial charge in [-0.15, -0.1) is 0 Å². The second-order valence-corrected chi connectivity index (χ2v) is 3.11. The molecule has 0 saturated carbocycles. The smallest absolute Gasteiger partial charge is 0.339 e. The molecule has 0 aliphatic heterocycles. The molecule has 1 aromatic carbocycles. The minimum absolute atomic E-state index is 0.0619. The van der Waals surface area contributed by atoms with Crippen LogP contribution in [0.15, 0.2) is 48.2 Å². The number of aliphatic carboxylic acids is 2. The lowest BCUT2D eigenvalue weighted by atomic mass is 9.98. The SMILES string of the molecule is O=C(O)C=C(C(=CO)C(=O)O)c1ccccc1. The predicted octanol–water partition coefficient (Wildman–Crippen LogP) is 1.68. The molecule has 5 nitrogen and oxygen atoms in total. The maximum absolute atomic E-state index is 10.9. The Morgan fingerprint density at radius 3 is 2.06 bits per heavy atom. The van der Waals surface area contributed by atoms with Crippen molar-refractivity contribution in [1.82, 2.24) is 0 Å². The molecule has 3 N–H and O–H groups in total. The number of carbonyl (C=O) groups is 2. The first kappa shape index (κ1) is 12.5. The molecule has 0 atom stereocenters. The Kier molecular flexibility index (Phi) is 4.05. The summed E-state index contributed by atoms with van der Waals surface area (Å²) in [4.78, 5) is 21.5. The van der Waals surface area contributed by atoms with Gasteiger partial charge in [-0.2, -0.15) is 0 Å². The molecule has 0 heterocycles. The van der Waals surface area contributed by atoms with Crippen molar-refractivity contribution in [3.63, 3.8) is 0 Å². The van der Waals surface area contributed by atoms with E-state index in [-0.39, 0.29) is 5.57 Å². The van der Waals surface area contributed by atoms with Gasteiger partial charge >= 0.3 is 11.9 Å². The van der Waals surface area contributed by atoms with Crippen LogP contribution in [0.2, 0.25) is 0 Å². The van der Waals surface area contributed by atoms with Gasteiger partial charge in [-0.05, 0) is 5.56 Å². The lowest BCUT2D eigenvalue weighted by Crippen LogP contribution is -2.05. The number of hydrogen-bond acceptors (Lipinski definition) is 3. The Balaban J connectivity index is 3.33. The first-order chi connectivity index (χ1) is 8.06. The van der Waals surface area contributed by atoms with Crippen molar-refractivity contribution in [2.75, 3.05) is 0 Å². The third kappa shape index (κ3) is 3.20. The Hall–Kier alpha value is -2.56. The fourth-order valence-corrected chi connectivity index (χ4v) is 1.30. The zero-order valence-electron chi connectivity index (χ0n) is 8.70. The van der Waals surface area contributed by atoms with Crippen molar-refractivity contribution in [3.8, 4) is 0 Å². The lowest BCUT2D eigenvalue weighted by molar-refractivity contribution is -0.132. The molecular weight excluding hydrogens is 224 g/mol. The third-order valence-electron chi connectivity index (χ3n) is 2.00. The van der Waals surface area contributed by atoms with Gasteiger partial charge in [0.05, 0.1) is 6.26 Å². The van der Waals surface area contributed by atoms with E-state index >= 15 is 0 Å². The number of carboxylic acid groups (broad SMARTS) is 2. The van der Waals surface area contributed by atoms with Gasteiger partial charge < -0.3 is 15.3 Å². The van der Waals surface area contributed by atoms with E-state index in [2.05, 4.69) is 0 Å². The summed E-state index contributed by atoms with van der Waals surface area (Å²) in [6.45, 7) is 0. The number of carboxylic acids is 2. The van der Waals surface area contributed by atoms with Gasteiger partial charge in [-0.25, -0.2) is 9.59 Å². The Morgan fingerprint density at radius 1 is 1.06 bits per heavy atom. The average molecular weight is 234 g/mol. The van der Waals surface area contributed by atoms with Crippen molar-refractivity contribution in [2.24, 2.45) is 0 Å². The molecule has 0 unspecified atom stereocenters. The highest BCUT2D eigenvalue weighted by Gasteiger charge is 2.16. The van der Waals surface area contributed by atoms with Crippen LogP contribution in [-0.4, -0.2) is 27.3 Å². The van der Waals surface area contributed by atoms with E-state index in [0.717, 1.165) is 6.08 Å². The standard InChI is InChI=1S/C12H10O5/c13-7-10(12(16)17)9(6-11(14)15)8-4-2-1-3-5-8/h1-7,13H,(H,14,15)(H,16,17). The monoisotopic (exact) mass is 234 g/mol. The van der Waals surface area contributed by atoms with Gasteiger partial charge in [0.2, 0.25) is 0 Å². The fraction of sp³-hybridized carbons (Fsp3) is 0.